The first-order valence-electron chi connectivity index (χ1n) is 10.4. The summed E-state index contributed by atoms with van der Waals surface area (Å²) < 4.78 is 2.02. The van der Waals surface area contributed by atoms with Crippen molar-refractivity contribution in [3.63, 3.8) is 0 Å². The molecule has 0 unspecified atom stereocenters. The predicted molar refractivity (Wildman–Crippen MR) is 120 cm³/mol. The van der Waals surface area contributed by atoms with Crippen molar-refractivity contribution in [1.29, 1.82) is 5.26 Å². The van der Waals surface area contributed by atoms with Crippen LogP contribution in [0.4, 0.5) is 0 Å². The first kappa shape index (κ1) is 19.6. The fourth-order valence-corrected chi connectivity index (χ4v) is 3.53. The van der Waals surface area contributed by atoms with Gasteiger partial charge in [-0.3, -0.25) is 0 Å². The Morgan fingerprint density at radius 2 is 1.60 bits per heavy atom. The molecule has 0 spiro atoms. The first-order valence-corrected chi connectivity index (χ1v) is 10.4. The van der Waals surface area contributed by atoms with Gasteiger partial charge in [0.15, 0.2) is 5.82 Å². The summed E-state index contributed by atoms with van der Waals surface area (Å²) in [5, 5.41) is 14.2. The molecule has 0 saturated carbocycles. The van der Waals surface area contributed by atoms with E-state index in [9.17, 15) is 5.26 Å². The number of benzene rings is 3. The van der Waals surface area contributed by atoms with Crippen molar-refractivity contribution in [2.24, 2.45) is 0 Å². The third-order valence-corrected chi connectivity index (χ3v) is 5.18. The minimum Gasteiger partial charge on any atom is -0.245 e. The van der Waals surface area contributed by atoms with Crippen LogP contribution in [0.15, 0.2) is 78.9 Å². The highest BCUT2D eigenvalue weighted by atomic mass is 15.3. The quantitative estimate of drug-likeness (QED) is 0.395. The van der Waals surface area contributed by atoms with E-state index in [-0.39, 0.29) is 0 Å². The van der Waals surface area contributed by atoms with Crippen LogP contribution in [-0.2, 0) is 13.0 Å². The number of aryl methyl sites for hydroxylation is 1. The van der Waals surface area contributed by atoms with Crippen LogP contribution in [0.2, 0.25) is 0 Å². The van der Waals surface area contributed by atoms with Gasteiger partial charge in [0.25, 0.3) is 0 Å². The molecule has 4 aromatic rings. The molecule has 1 aromatic heterocycles. The summed E-state index contributed by atoms with van der Waals surface area (Å²) >= 11 is 0. The summed E-state index contributed by atoms with van der Waals surface area (Å²) in [6.45, 7) is 2.87. The van der Waals surface area contributed by atoms with Gasteiger partial charge >= 0.3 is 0 Å². The molecule has 0 N–H and O–H groups in total. The van der Waals surface area contributed by atoms with Crippen LogP contribution in [0.1, 0.15) is 36.7 Å². The molecule has 4 nitrogen and oxygen atoms in total. The third kappa shape index (κ3) is 4.31. The van der Waals surface area contributed by atoms with Gasteiger partial charge in [0, 0.05) is 12.0 Å². The van der Waals surface area contributed by atoms with Crippen LogP contribution in [0.3, 0.4) is 0 Å². The van der Waals surface area contributed by atoms with Crippen LogP contribution >= 0.6 is 0 Å². The van der Waals surface area contributed by atoms with E-state index in [0.717, 1.165) is 53.2 Å². The molecule has 0 amide bonds. The Morgan fingerprint density at radius 3 is 2.33 bits per heavy atom. The van der Waals surface area contributed by atoms with E-state index < -0.39 is 0 Å². The van der Waals surface area contributed by atoms with Gasteiger partial charge < -0.3 is 0 Å². The molecule has 4 heteroatoms. The van der Waals surface area contributed by atoms with Crippen molar-refractivity contribution >= 4 is 0 Å². The second-order valence-corrected chi connectivity index (χ2v) is 7.33. The van der Waals surface area contributed by atoms with Gasteiger partial charge in [-0.05, 0) is 29.2 Å². The fourth-order valence-electron chi connectivity index (χ4n) is 3.53. The molecule has 3 aromatic carbocycles. The van der Waals surface area contributed by atoms with Gasteiger partial charge in [0.05, 0.1) is 18.2 Å². The number of hydrogen-bond donors (Lipinski definition) is 0. The Bertz CT molecular complexity index is 1150. The highest BCUT2D eigenvalue weighted by molar-refractivity contribution is 5.70. The summed E-state index contributed by atoms with van der Waals surface area (Å²) in [5.41, 5.74) is 4.90. The van der Waals surface area contributed by atoms with Crippen LogP contribution in [0, 0.1) is 11.3 Å². The number of rotatable bonds is 7. The highest BCUT2D eigenvalue weighted by Crippen LogP contribution is 2.24. The monoisotopic (exact) mass is 392 g/mol. The van der Waals surface area contributed by atoms with Crippen LogP contribution in [0.5, 0.6) is 0 Å². The van der Waals surface area contributed by atoms with Gasteiger partial charge in [0.1, 0.15) is 5.82 Å². The van der Waals surface area contributed by atoms with Gasteiger partial charge in [-0.2, -0.15) is 10.4 Å². The Balaban J connectivity index is 1.60. The number of nitriles is 1. The molecule has 0 aliphatic carbocycles. The minimum absolute atomic E-state index is 0.680. The van der Waals surface area contributed by atoms with Crippen molar-refractivity contribution < 1.29 is 0 Å². The lowest BCUT2D eigenvalue weighted by Crippen LogP contribution is -2.07. The lowest BCUT2D eigenvalue weighted by molar-refractivity contribution is 0.618. The van der Waals surface area contributed by atoms with Crippen molar-refractivity contribution in [2.75, 3.05) is 0 Å². The summed E-state index contributed by atoms with van der Waals surface area (Å²) in [7, 11) is 0. The largest absolute Gasteiger partial charge is 0.245 e. The molecule has 0 aliphatic heterocycles. The average Bonchev–Trinajstić information content (AvgIpc) is 3.21. The topological polar surface area (TPSA) is 54.5 Å². The summed E-state index contributed by atoms with van der Waals surface area (Å²) in [4.78, 5) is 4.82. The van der Waals surface area contributed by atoms with Crippen molar-refractivity contribution in [1.82, 2.24) is 14.8 Å². The fraction of sp³-hybridized carbons (Fsp3) is 0.192. The van der Waals surface area contributed by atoms with E-state index in [4.69, 9.17) is 10.1 Å². The molecule has 0 saturated heterocycles. The molecule has 0 atom stereocenters. The molecule has 0 bridgehead atoms. The number of unbranched alkanes of at least 4 members (excludes halogenated alkanes) is 1. The molecule has 148 valence electrons. The third-order valence-electron chi connectivity index (χ3n) is 5.18. The summed E-state index contributed by atoms with van der Waals surface area (Å²) in [6, 6.07) is 28.5. The zero-order valence-electron chi connectivity index (χ0n) is 17.1. The molecule has 30 heavy (non-hydrogen) atoms. The second-order valence-electron chi connectivity index (χ2n) is 7.33. The smallest absolute Gasteiger partial charge is 0.181 e. The number of nitrogens with zero attached hydrogens (tertiary/aromatic N) is 4. The van der Waals surface area contributed by atoms with Gasteiger partial charge in [0.2, 0.25) is 0 Å². The van der Waals surface area contributed by atoms with Crippen LogP contribution in [-0.4, -0.2) is 14.8 Å². The maximum absolute atomic E-state index is 9.36. The summed E-state index contributed by atoms with van der Waals surface area (Å²) in [6.07, 6.45) is 3.14. The van der Waals surface area contributed by atoms with E-state index in [1.165, 1.54) is 0 Å². The summed E-state index contributed by atoms with van der Waals surface area (Å²) in [5.74, 6) is 1.80. The molecular formula is C26H24N4. The minimum atomic E-state index is 0.680. The van der Waals surface area contributed by atoms with Gasteiger partial charge in [-0.1, -0.05) is 86.1 Å². The van der Waals surface area contributed by atoms with E-state index in [1.54, 1.807) is 0 Å². The molecule has 1 heterocycles. The van der Waals surface area contributed by atoms with Crippen molar-refractivity contribution in [3.8, 4) is 28.6 Å². The standard InChI is InChI=1S/C26H24N4/c1-2-3-13-25-28-26(22-9-5-4-6-10-22)29-30(25)19-20-14-16-21(17-15-20)24-12-8-7-11-23(24)18-27/h4-12,14-17H,2-3,13,19H2,1H3. The number of hydrogen-bond acceptors (Lipinski definition) is 3. The molecule has 0 radical (unpaired) electrons. The molecule has 0 fully saturated rings. The van der Waals surface area contributed by atoms with Crippen molar-refractivity contribution in [3.05, 3.63) is 95.8 Å². The van der Waals surface area contributed by atoms with E-state index in [0.29, 0.717) is 12.1 Å². The first-order chi connectivity index (χ1) is 14.8. The average molecular weight is 393 g/mol. The van der Waals surface area contributed by atoms with E-state index >= 15 is 0 Å². The molecular weight excluding hydrogens is 368 g/mol. The zero-order chi connectivity index (χ0) is 20.8. The van der Waals surface area contributed by atoms with E-state index in [1.807, 2.05) is 59.3 Å². The van der Waals surface area contributed by atoms with Gasteiger partial charge in [-0.15, -0.1) is 0 Å². The highest BCUT2D eigenvalue weighted by Gasteiger charge is 2.12. The van der Waals surface area contributed by atoms with E-state index in [2.05, 4.69) is 37.3 Å². The SMILES string of the molecule is CCCCc1nc(-c2ccccc2)nn1Cc1ccc(-c2ccccc2C#N)cc1. The Labute approximate surface area is 177 Å². The lowest BCUT2D eigenvalue weighted by atomic mass is 9.99. The molecule has 4 rings (SSSR count). The Morgan fingerprint density at radius 1 is 0.867 bits per heavy atom. The Kier molecular flexibility index (Phi) is 6.01. The van der Waals surface area contributed by atoms with Gasteiger partial charge in [-0.25, -0.2) is 9.67 Å². The normalized spacial score (nSPS) is 10.7. The zero-order valence-corrected chi connectivity index (χ0v) is 17.1. The van der Waals surface area contributed by atoms with Crippen LogP contribution in [0.25, 0.3) is 22.5 Å². The lowest BCUT2D eigenvalue weighted by Gasteiger charge is -2.08. The molecule has 0 aliphatic rings. The predicted octanol–water partition coefficient (Wildman–Crippen LogP) is 5.87. The maximum atomic E-state index is 9.36. The second kappa shape index (κ2) is 9.19. The Hall–Kier alpha value is -3.71. The number of aromatic nitrogens is 3. The maximum Gasteiger partial charge on any atom is 0.181 e. The van der Waals surface area contributed by atoms with Crippen LogP contribution < -0.4 is 0 Å². The van der Waals surface area contributed by atoms with Crippen molar-refractivity contribution in [2.45, 2.75) is 32.7 Å².